The van der Waals surface area contributed by atoms with Crippen LogP contribution in [0.1, 0.15) is 6.92 Å². The molecule has 0 aromatic rings. The Morgan fingerprint density at radius 1 is 1.50 bits per heavy atom. The van der Waals surface area contributed by atoms with Crippen LogP contribution in [0, 0.1) is 0 Å². The van der Waals surface area contributed by atoms with Gasteiger partial charge in [-0.15, -0.1) is 0 Å². The highest BCUT2D eigenvalue weighted by Gasteiger charge is 1.80. The van der Waals surface area contributed by atoms with Crippen molar-refractivity contribution in [2.24, 2.45) is 0 Å². The van der Waals surface area contributed by atoms with E-state index in [-0.39, 0.29) is 6.61 Å². The minimum Gasteiger partial charge on any atom is -0.481 e. The first-order valence-electron chi connectivity index (χ1n) is 2.95. The summed E-state index contributed by atoms with van der Waals surface area (Å²) in [5, 5.41) is 15.6. The average molecular weight is 149 g/mol. The molecule has 0 aliphatic carbocycles. The molecule has 0 aromatic carbocycles. The standard InChI is InChI=1S/C4H11NO.C2H4O2/c1-5(2)3-4-6;1-2(3)4/h6H,3-4H2,1-2H3;1H3,(H,3,4). The summed E-state index contributed by atoms with van der Waals surface area (Å²) in [7, 11) is 3.85. The molecule has 0 saturated carbocycles. The van der Waals surface area contributed by atoms with Crippen molar-refractivity contribution in [1.82, 2.24) is 4.90 Å². The molecule has 0 aliphatic heterocycles. The summed E-state index contributed by atoms with van der Waals surface area (Å²) in [5.41, 5.74) is 0. The molecule has 0 atom stereocenters. The third-order valence-corrected chi connectivity index (χ3v) is 0.547. The molecule has 0 saturated heterocycles. The maximum Gasteiger partial charge on any atom is 0.300 e. The molecule has 0 bridgehead atoms. The van der Waals surface area contributed by atoms with Gasteiger partial charge in [0.15, 0.2) is 0 Å². The fraction of sp³-hybridized carbons (Fsp3) is 0.833. The maximum absolute atomic E-state index is 9.00. The van der Waals surface area contributed by atoms with Crippen LogP contribution >= 0.6 is 0 Å². The van der Waals surface area contributed by atoms with Gasteiger partial charge < -0.3 is 15.1 Å². The number of aliphatic hydroxyl groups excluding tert-OH is 1. The van der Waals surface area contributed by atoms with Gasteiger partial charge in [0.2, 0.25) is 0 Å². The summed E-state index contributed by atoms with van der Waals surface area (Å²) in [6.45, 7) is 2.10. The van der Waals surface area contributed by atoms with Crippen molar-refractivity contribution in [2.45, 2.75) is 6.92 Å². The van der Waals surface area contributed by atoms with Crippen LogP contribution in [-0.4, -0.2) is 48.3 Å². The van der Waals surface area contributed by atoms with Gasteiger partial charge in [-0.1, -0.05) is 0 Å². The number of hydrogen-bond donors (Lipinski definition) is 2. The number of carbonyl (C=O) groups is 1. The summed E-state index contributed by atoms with van der Waals surface area (Å²) >= 11 is 0. The first kappa shape index (κ1) is 12.1. The van der Waals surface area contributed by atoms with Crippen molar-refractivity contribution in [3.63, 3.8) is 0 Å². The van der Waals surface area contributed by atoms with Crippen molar-refractivity contribution < 1.29 is 15.0 Å². The smallest absolute Gasteiger partial charge is 0.300 e. The Balaban J connectivity index is 0. The Morgan fingerprint density at radius 3 is 1.80 bits per heavy atom. The third kappa shape index (κ3) is 52.8. The van der Waals surface area contributed by atoms with Crippen molar-refractivity contribution >= 4 is 5.97 Å². The normalized spacial score (nSPS) is 8.50. The van der Waals surface area contributed by atoms with Crippen LogP contribution in [0.4, 0.5) is 0 Å². The molecule has 0 spiro atoms. The van der Waals surface area contributed by atoms with E-state index in [0.29, 0.717) is 0 Å². The van der Waals surface area contributed by atoms with Crippen LogP contribution in [0.3, 0.4) is 0 Å². The van der Waals surface area contributed by atoms with Crippen molar-refractivity contribution in [3.8, 4) is 0 Å². The van der Waals surface area contributed by atoms with Crippen LogP contribution in [0.15, 0.2) is 0 Å². The van der Waals surface area contributed by atoms with E-state index in [2.05, 4.69) is 0 Å². The first-order valence-corrected chi connectivity index (χ1v) is 2.95. The fourth-order valence-electron chi connectivity index (χ4n) is 0.200. The van der Waals surface area contributed by atoms with Crippen LogP contribution in [0.2, 0.25) is 0 Å². The van der Waals surface area contributed by atoms with Crippen LogP contribution in [0.25, 0.3) is 0 Å². The van der Waals surface area contributed by atoms with Gasteiger partial charge in [0.1, 0.15) is 0 Å². The van der Waals surface area contributed by atoms with E-state index in [9.17, 15) is 0 Å². The second kappa shape index (κ2) is 8.39. The van der Waals surface area contributed by atoms with Gasteiger partial charge >= 0.3 is 0 Å². The minimum atomic E-state index is -0.833. The molecule has 62 valence electrons. The zero-order chi connectivity index (χ0) is 8.57. The third-order valence-electron chi connectivity index (χ3n) is 0.547. The number of rotatable bonds is 2. The first-order chi connectivity index (χ1) is 4.50. The van der Waals surface area contributed by atoms with E-state index in [1.807, 2.05) is 19.0 Å². The molecule has 4 heteroatoms. The summed E-state index contributed by atoms with van der Waals surface area (Å²) in [5.74, 6) is -0.833. The van der Waals surface area contributed by atoms with Crippen LogP contribution < -0.4 is 0 Å². The molecule has 10 heavy (non-hydrogen) atoms. The molecule has 0 heterocycles. The quantitative estimate of drug-likeness (QED) is 0.562. The monoisotopic (exact) mass is 149 g/mol. The highest BCUT2D eigenvalue weighted by molar-refractivity contribution is 5.62. The van der Waals surface area contributed by atoms with Gasteiger partial charge in [0.05, 0.1) is 6.61 Å². The number of aliphatic carboxylic acids is 1. The molecule has 0 aliphatic rings. The molecule has 0 rings (SSSR count). The molecular weight excluding hydrogens is 134 g/mol. The highest BCUT2D eigenvalue weighted by atomic mass is 16.4. The molecule has 0 radical (unpaired) electrons. The summed E-state index contributed by atoms with van der Waals surface area (Å²) < 4.78 is 0. The van der Waals surface area contributed by atoms with Gasteiger partial charge in [-0.05, 0) is 14.1 Å². The largest absolute Gasteiger partial charge is 0.481 e. The Bertz CT molecular complexity index is 79.1. The van der Waals surface area contributed by atoms with E-state index in [1.54, 1.807) is 0 Å². The predicted octanol–water partition coefficient (Wildman–Crippen LogP) is -0.369. The fourth-order valence-corrected chi connectivity index (χ4v) is 0.200. The lowest BCUT2D eigenvalue weighted by Gasteiger charge is -2.03. The summed E-state index contributed by atoms with van der Waals surface area (Å²) in [6.07, 6.45) is 0. The lowest BCUT2D eigenvalue weighted by atomic mass is 10.6. The molecule has 0 aromatic heterocycles. The number of carboxylic acids is 1. The average Bonchev–Trinajstić information content (AvgIpc) is 1.62. The minimum absolute atomic E-state index is 0.257. The maximum atomic E-state index is 9.00. The molecule has 0 unspecified atom stereocenters. The Labute approximate surface area is 61.1 Å². The molecule has 0 amide bonds. The van der Waals surface area contributed by atoms with Gasteiger partial charge in [0, 0.05) is 13.5 Å². The molecule has 0 fully saturated rings. The number of carboxylic acid groups (broad SMARTS) is 1. The highest BCUT2D eigenvalue weighted by Crippen LogP contribution is 1.66. The number of nitrogens with zero attached hydrogens (tertiary/aromatic N) is 1. The van der Waals surface area contributed by atoms with E-state index in [4.69, 9.17) is 15.0 Å². The Kier molecular flexibility index (Phi) is 10.2. The Morgan fingerprint density at radius 2 is 1.80 bits per heavy atom. The van der Waals surface area contributed by atoms with Gasteiger partial charge in [0.25, 0.3) is 5.97 Å². The van der Waals surface area contributed by atoms with Crippen LogP contribution in [0.5, 0.6) is 0 Å². The topological polar surface area (TPSA) is 60.8 Å². The van der Waals surface area contributed by atoms with Gasteiger partial charge in [-0.2, -0.15) is 0 Å². The number of likely N-dealkylation sites (N-methyl/N-ethyl adjacent to an activating group) is 1. The van der Waals surface area contributed by atoms with E-state index < -0.39 is 5.97 Å². The van der Waals surface area contributed by atoms with Crippen molar-refractivity contribution in [1.29, 1.82) is 0 Å². The Hall–Kier alpha value is -0.610. The zero-order valence-corrected chi connectivity index (χ0v) is 6.66. The molecule has 4 nitrogen and oxygen atoms in total. The lowest BCUT2D eigenvalue weighted by molar-refractivity contribution is -0.134. The molecule has 2 N–H and O–H groups in total. The second-order valence-corrected chi connectivity index (χ2v) is 2.05. The molecular formula is C6H15NO3. The van der Waals surface area contributed by atoms with Crippen molar-refractivity contribution in [2.75, 3.05) is 27.2 Å². The van der Waals surface area contributed by atoms with Crippen LogP contribution in [-0.2, 0) is 4.79 Å². The zero-order valence-electron chi connectivity index (χ0n) is 6.66. The van der Waals surface area contributed by atoms with Gasteiger partial charge in [-0.3, -0.25) is 4.79 Å². The number of aliphatic hydroxyl groups is 1. The lowest BCUT2D eigenvalue weighted by Crippen LogP contribution is -2.15. The SMILES string of the molecule is CC(=O)O.CN(C)CCO. The number of hydrogen-bond acceptors (Lipinski definition) is 3. The van der Waals surface area contributed by atoms with Gasteiger partial charge in [-0.25, -0.2) is 0 Å². The van der Waals surface area contributed by atoms with E-state index >= 15 is 0 Å². The summed E-state index contributed by atoms with van der Waals surface area (Å²) in [6, 6.07) is 0. The second-order valence-electron chi connectivity index (χ2n) is 2.05. The predicted molar refractivity (Wildman–Crippen MR) is 38.9 cm³/mol. The van der Waals surface area contributed by atoms with E-state index in [0.717, 1.165) is 13.5 Å². The summed E-state index contributed by atoms with van der Waals surface area (Å²) in [4.78, 5) is 10.9. The van der Waals surface area contributed by atoms with E-state index in [1.165, 1.54) is 0 Å². The van der Waals surface area contributed by atoms with Crippen molar-refractivity contribution in [3.05, 3.63) is 0 Å².